The molecule has 0 fully saturated rings. The monoisotopic (exact) mass is 385 g/mol. The van der Waals surface area contributed by atoms with E-state index in [1.165, 1.54) is 26.4 Å². The third-order valence-corrected chi connectivity index (χ3v) is 4.41. The van der Waals surface area contributed by atoms with Crippen molar-refractivity contribution in [3.8, 4) is 0 Å². The van der Waals surface area contributed by atoms with Crippen LogP contribution in [0.1, 0.15) is 21.5 Å². The molecule has 2 amide bonds. The first kappa shape index (κ1) is 18.7. The number of amides is 2. The molecule has 0 aromatic heterocycles. The number of hydrogen-bond donors (Lipinski definition) is 0. The van der Waals surface area contributed by atoms with E-state index < -0.39 is 17.8 Å². The highest BCUT2D eigenvalue weighted by Crippen LogP contribution is 2.41. The molecule has 138 valence electrons. The van der Waals surface area contributed by atoms with E-state index in [9.17, 15) is 14.4 Å². The number of alkyl halides is 1. The largest absolute Gasteiger partial charge is 0.495 e. The molecule has 7 heteroatoms. The fraction of sp³-hybridized carbons (Fsp3) is 0.150. The lowest BCUT2D eigenvalue weighted by atomic mass is 10.0. The van der Waals surface area contributed by atoms with Crippen LogP contribution in [0.25, 0.3) is 11.3 Å². The van der Waals surface area contributed by atoms with Crippen molar-refractivity contribution in [3.05, 3.63) is 65.2 Å². The second-order valence-corrected chi connectivity index (χ2v) is 5.93. The lowest BCUT2D eigenvalue weighted by Crippen LogP contribution is -2.34. The van der Waals surface area contributed by atoms with Gasteiger partial charge in [-0.2, -0.15) is 0 Å². The van der Waals surface area contributed by atoms with Crippen LogP contribution in [-0.2, 0) is 19.1 Å². The van der Waals surface area contributed by atoms with E-state index in [4.69, 9.17) is 21.1 Å². The highest BCUT2D eigenvalue weighted by Gasteiger charge is 2.39. The van der Waals surface area contributed by atoms with Crippen LogP contribution < -0.4 is 4.90 Å². The molecule has 27 heavy (non-hydrogen) atoms. The molecule has 3 rings (SSSR count). The number of ether oxygens (including phenoxy) is 2. The smallest absolute Gasteiger partial charge is 0.337 e. The van der Waals surface area contributed by atoms with Crippen LogP contribution in [0.2, 0.25) is 0 Å². The summed E-state index contributed by atoms with van der Waals surface area (Å²) in [5.74, 6) is -1.77. The molecule has 0 N–H and O–H groups in total. The number of nitrogens with zero attached hydrogens (tertiary/aromatic N) is 1. The molecule has 2 aromatic rings. The van der Waals surface area contributed by atoms with E-state index >= 15 is 0 Å². The number of halogens is 1. The van der Waals surface area contributed by atoms with Crippen molar-refractivity contribution in [2.75, 3.05) is 25.0 Å². The Morgan fingerprint density at radius 3 is 2.30 bits per heavy atom. The standard InChI is InChI=1S/C20H16ClNO5/c1-26-18(12-6-4-3-5-7-12)17-14-9-8-13(20(25)27-2)10-15(14)22(19(17)24)16(23)11-21/h3-10H,11H2,1-2H3/b18-17-. The number of rotatable bonds is 4. The highest BCUT2D eigenvalue weighted by atomic mass is 35.5. The zero-order valence-corrected chi connectivity index (χ0v) is 15.4. The number of esters is 1. The predicted octanol–water partition coefficient (Wildman–Crippen LogP) is 3.10. The van der Waals surface area contributed by atoms with Crippen LogP contribution >= 0.6 is 11.6 Å². The Balaban J connectivity index is 2.27. The van der Waals surface area contributed by atoms with Crippen molar-refractivity contribution in [1.29, 1.82) is 0 Å². The van der Waals surface area contributed by atoms with Gasteiger partial charge in [0.05, 0.1) is 31.0 Å². The molecule has 6 nitrogen and oxygen atoms in total. The summed E-state index contributed by atoms with van der Waals surface area (Å²) >= 11 is 5.69. The normalized spacial score (nSPS) is 14.6. The number of benzene rings is 2. The molecule has 0 saturated heterocycles. The van der Waals surface area contributed by atoms with E-state index in [-0.39, 0.29) is 22.7 Å². The summed E-state index contributed by atoms with van der Waals surface area (Å²) in [5, 5.41) is 0. The fourth-order valence-electron chi connectivity index (χ4n) is 2.99. The predicted molar refractivity (Wildman–Crippen MR) is 101 cm³/mol. The molecule has 0 bridgehead atoms. The summed E-state index contributed by atoms with van der Waals surface area (Å²) in [5.41, 5.74) is 1.89. The third kappa shape index (κ3) is 3.19. The Kier molecular flexibility index (Phi) is 5.28. The molecular weight excluding hydrogens is 370 g/mol. The Morgan fingerprint density at radius 1 is 1.00 bits per heavy atom. The van der Waals surface area contributed by atoms with E-state index in [0.717, 1.165) is 4.90 Å². The second-order valence-electron chi connectivity index (χ2n) is 5.67. The Labute approximate surface area is 160 Å². The van der Waals surface area contributed by atoms with Gasteiger partial charge >= 0.3 is 5.97 Å². The van der Waals surface area contributed by atoms with Crippen molar-refractivity contribution in [3.63, 3.8) is 0 Å². The van der Waals surface area contributed by atoms with Gasteiger partial charge in [-0.25, -0.2) is 9.69 Å². The van der Waals surface area contributed by atoms with Crippen molar-refractivity contribution in [2.24, 2.45) is 0 Å². The lowest BCUT2D eigenvalue weighted by molar-refractivity contribution is -0.122. The van der Waals surface area contributed by atoms with Gasteiger partial charge in [0.1, 0.15) is 11.6 Å². The van der Waals surface area contributed by atoms with Crippen LogP contribution in [0.5, 0.6) is 0 Å². The number of fused-ring (bicyclic) bond motifs is 1. The molecule has 0 unspecified atom stereocenters. The average molecular weight is 386 g/mol. The average Bonchev–Trinajstić information content (AvgIpc) is 2.99. The fourth-order valence-corrected chi connectivity index (χ4v) is 3.11. The van der Waals surface area contributed by atoms with Gasteiger partial charge in [0.2, 0.25) is 5.91 Å². The van der Waals surface area contributed by atoms with E-state index in [1.54, 1.807) is 18.2 Å². The molecular formula is C20H16ClNO5. The summed E-state index contributed by atoms with van der Waals surface area (Å²) in [4.78, 5) is 38.2. The highest BCUT2D eigenvalue weighted by molar-refractivity contribution is 6.46. The van der Waals surface area contributed by atoms with Crippen LogP contribution in [-0.4, -0.2) is 37.9 Å². The van der Waals surface area contributed by atoms with Crippen molar-refractivity contribution < 1.29 is 23.9 Å². The molecule has 1 aliphatic rings. The van der Waals surface area contributed by atoms with Crippen molar-refractivity contribution in [1.82, 2.24) is 0 Å². The van der Waals surface area contributed by atoms with E-state index in [0.29, 0.717) is 16.9 Å². The maximum absolute atomic E-state index is 13.1. The minimum Gasteiger partial charge on any atom is -0.495 e. The van der Waals surface area contributed by atoms with Crippen molar-refractivity contribution in [2.45, 2.75) is 0 Å². The van der Waals surface area contributed by atoms with Gasteiger partial charge in [0, 0.05) is 11.1 Å². The van der Waals surface area contributed by atoms with Crippen LogP contribution in [0.4, 0.5) is 5.69 Å². The number of hydrogen-bond acceptors (Lipinski definition) is 5. The van der Waals surface area contributed by atoms with Gasteiger partial charge in [-0.1, -0.05) is 36.4 Å². The number of carbonyl (C=O) groups is 3. The molecule has 1 aliphatic heterocycles. The molecule has 0 radical (unpaired) electrons. The summed E-state index contributed by atoms with van der Waals surface area (Å²) in [6.07, 6.45) is 0. The van der Waals surface area contributed by atoms with Gasteiger partial charge < -0.3 is 9.47 Å². The summed E-state index contributed by atoms with van der Waals surface area (Å²) in [6.45, 7) is 0. The molecule has 0 saturated carbocycles. The van der Waals surface area contributed by atoms with E-state index in [1.807, 2.05) is 18.2 Å². The Bertz CT molecular complexity index is 952. The Morgan fingerprint density at radius 2 is 1.70 bits per heavy atom. The third-order valence-electron chi connectivity index (χ3n) is 4.18. The first-order valence-electron chi connectivity index (χ1n) is 8.03. The zero-order valence-electron chi connectivity index (χ0n) is 14.7. The number of methoxy groups -OCH3 is 2. The molecule has 0 atom stereocenters. The van der Waals surface area contributed by atoms with Gasteiger partial charge in [-0.3, -0.25) is 9.59 Å². The minimum absolute atomic E-state index is 0.219. The van der Waals surface area contributed by atoms with Crippen molar-refractivity contribution >= 4 is 46.4 Å². The van der Waals surface area contributed by atoms with E-state index in [2.05, 4.69) is 0 Å². The van der Waals surface area contributed by atoms with Crippen LogP contribution in [0.15, 0.2) is 48.5 Å². The summed E-state index contributed by atoms with van der Waals surface area (Å²) < 4.78 is 10.2. The quantitative estimate of drug-likeness (QED) is 0.350. The van der Waals surface area contributed by atoms with Crippen LogP contribution in [0, 0.1) is 0 Å². The topological polar surface area (TPSA) is 72.9 Å². The Hall–Kier alpha value is -3.12. The first-order chi connectivity index (χ1) is 13.0. The molecule has 1 heterocycles. The zero-order chi connectivity index (χ0) is 19.6. The lowest BCUT2D eigenvalue weighted by Gasteiger charge is -2.14. The van der Waals surface area contributed by atoms with Crippen LogP contribution in [0.3, 0.4) is 0 Å². The van der Waals surface area contributed by atoms with Gasteiger partial charge in [0.15, 0.2) is 0 Å². The first-order valence-corrected chi connectivity index (χ1v) is 8.56. The second kappa shape index (κ2) is 7.63. The maximum Gasteiger partial charge on any atom is 0.337 e. The maximum atomic E-state index is 13.1. The summed E-state index contributed by atoms with van der Waals surface area (Å²) in [6, 6.07) is 13.6. The van der Waals surface area contributed by atoms with Gasteiger partial charge in [0.25, 0.3) is 5.91 Å². The number of anilines is 1. The van der Waals surface area contributed by atoms with Gasteiger partial charge in [-0.05, 0) is 12.1 Å². The molecule has 2 aromatic carbocycles. The number of carbonyl (C=O) groups excluding carboxylic acids is 3. The SMILES string of the molecule is COC(=O)c1ccc2c(c1)N(C(=O)CCl)C(=O)/C2=C(\OC)c1ccccc1. The van der Waals surface area contributed by atoms with Gasteiger partial charge in [-0.15, -0.1) is 11.6 Å². The molecule has 0 aliphatic carbocycles. The minimum atomic E-state index is -0.594. The number of imide groups is 1. The molecule has 0 spiro atoms. The summed E-state index contributed by atoms with van der Waals surface area (Å²) in [7, 11) is 2.71.